The van der Waals surface area contributed by atoms with E-state index in [0.717, 1.165) is 35.7 Å². The first-order chi connectivity index (χ1) is 10.4. The topological polar surface area (TPSA) is 100 Å². The third-order valence-corrected chi connectivity index (χ3v) is 2.34. The van der Waals surface area contributed by atoms with Crippen molar-refractivity contribution < 1.29 is 47.5 Å². The summed E-state index contributed by atoms with van der Waals surface area (Å²) in [5.41, 5.74) is 1.95. The van der Waals surface area contributed by atoms with Gasteiger partial charge in [0, 0.05) is 64.7 Å². The number of hydrogen-bond donors (Lipinski definition) is 2. The molecule has 0 bridgehead atoms. The van der Waals surface area contributed by atoms with Crippen molar-refractivity contribution >= 4 is 33.7 Å². The number of aromatic nitrogens is 2. The van der Waals surface area contributed by atoms with Crippen LogP contribution in [-0.2, 0) is 37.3 Å². The maximum absolute atomic E-state index is 9.00. The zero-order valence-electron chi connectivity index (χ0n) is 12.9. The molecule has 0 radical (unpaired) electrons. The third kappa shape index (κ3) is 7.64. The minimum Gasteiger partial charge on any atom is -0.481 e. The van der Waals surface area contributed by atoms with Crippen molar-refractivity contribution in [3.8, 4) is 0 Å². The van der Waals surface area contributed by atoms with Crippen molar-refractivity contribution in [3.63, 3.8) is 0 Å². The van der Waals surface area contributed by atoms with Crippen molar-refractivity contribution in [2.75, 3.05) is 0 Å². The standard InChI is InChI=1S/C12H8N2.2C2H4O2.Hg/c1-3-9-5-6-10-4-2-8-14-12(10)11(9)13-7-1;2*1-2(3)4;/h1-8H;2*1H3,(H,3,4);. The number of carbonyl (C=O) groups is 2. The Labute approximate surface area is 153 Å². The molecule has 23 heavy (non-hydrogen) atoms. The summed E-state index contributed by atoms with van der Waals surface area (Å²) in [5, 5.41) is 17.1. The zero-order valence-corrected chi connectivity index (χ0v) is 18.4. The van der Waals surface area contributed by atoms with Gasteiger partial charge in [0.25, 0.3) is 11.9 Å². The average molecular weight is 501 g/mol. The van der Waals surface area contributed by atoms with E-state index in [1.54, 1.807) is 12.4 Å². The van der Waals surface area contributed by atoms with Crippen LogP contribution in [0.3, 0.4) is 0 Å². The first-order valence-corrected chi connectivity index (χ1v) is 6.39. The van der Waals surface area contributed by atoms with E-state index >= 15 is 0 Å². The van der Waals surface area contributed by atoms with E-state index < -0.39 is 11.9 Å². The van der Waals surface area contributed by atoms with Crippen LogP contribution in [0.25, 0.3) is 21.8 Å². The molecule has 3 rings (SSSR count). The van der Waals surface area contributed by atoms with Gasteiger partial charge in [-0.05, 0) is 12.1 Å². The number of aliphatic carboxylic acids is 2. The van der Waals surface area contributed by atoms with Crippen LogP contribution in [0.1, 0.15) is 13.8 Å². The summed E-state index contributed by atoms with van der Waals surface area (Å²) in [7, 11) is 0. The number of fused-ring (bicyclic) bond motifs is 3. The quantitative estimate of drug-likeness (QED) is 0.363. The number of nitrogens with zero attached hydrogens (tertiary/aromatic N) is 2. The van der Waals surface area contributed by atoms with Crippen LogP contribution in [0.4, 0.5) is 0 Å². The molecule has 0 unspecified atom stereocenters. The van der Waals surface area contributed by atoms with E-state index in [0.29, 0.717) is 0 Å². The molecular formula is C16H16HgN2O4. The second-order valence-electron chi connectivity index (χ2n) is 4.25. The molecule has 0 aliphatic rings. The first-order valence-electron chi connectivity index (χ1n) is 6.39. The van der Waals surface area contributed by atoms with Gasteiger partial charge in [0.1, 0.15) is 0 Å². The molecule has 2 heterocycles. The van der Waals surface area contributed by atoms with Crippen molar-refractivity contribution in [2.45, 2.75) is 13.8 Å². The summed E-state index contributed by atoms with van der Waals surface area (Å²) in [6.07, 6.45) is 3.60. The van der Waals surface area contributed by atoms with Gasteiger partial charge in [-0.15, -0.1) is 0 Å². The molecule has 0 saturated carbocycles. The Hall–Kier alpha value is -2.08. The fraction of sp³-hybridized carbons (Fsp3) is 0.125. The normalized spacial score (nSPS) is 8.78. The van der Waals surface area contributed by atoms with Crippen LogP contribution in [0, 0.1) is 0 Å². The van der Waals surface area contributed by atoms with Gasteiger partial charge in [-0.3, -0.25) is 19.6 Å². The fourth-order valence-electron chi connectivity index (χ4n) is 1.68. The van der Waals surface area contributed by atoms with Gasteiger partial charge < -0.3 is 10.2 Å². The molecule has 6 nitrogen and oxygen atoms in total. The van der Waals surface area contributed by atoms with Crippen LogP contribution < -0.4 is 0 Å². The van der Waals surface area contributed by atoms with E-state index in [1.165, 1.54) is 0 Å². The summed E-state index contributed by atoms with van der Waals surface area (Å²) in [4.78, 5) is 26.7. The zero-order chi connectivity index (χ0) is 16.5. The van der Waals surface area contributed by atoms with E-state index in [2.05, 4.69) is 34.2 Å². The van der Waals surface area contributed by atoms with Crippen LogP contribution >= 0.6 is 0 Å². The molecular weight excluding hydrogens is 485 g/mol. The summed E-state index contributed by atoms with van der Waals surface area (Å²) in [6, 6.07) is 12.1. The second kappa shape index (κ2) is 10.6. The summed E-state index contributed by atoms with van der Waals surface area (Å²) in [5.74, 6) is -1.67. The Morgan fingerprint density at radius 3 is 1.39 bits per heavy atom. The van der Waals surface area contributed by atoms with Gasteiger partial charge in [-0.2, -0.15) is 0 Å². The van der Waals surface area contributed by atoms with E-state index in [1.807, 2.05) is 12.1 Å². The fourth-order valence-corrected chi connectivity index (χ4v) is 1.68. The number of pyridine rings is 2. The average Bonchev–Trinajstić information content (AvgIpc) is 2.46. The molecule has 7 heteroatoms. The Morgan fingerprint density at radius 2 is 1.09 bits per heavy atom. The molecule has 0 amide bonds. The molecule has 0 saturated heterocycles. The van der Waals surface area contributed by atoms with Crippen molar-refractivity contribution in [1.29, 1.82) is 0 Å². The van der Waals surface area contributed by atoms with Crippen molar-refractivity contribution in [1.82, 2.24) is 9.97 Å². The minimum absolute atomic E-state index is 0. The van der Waals surface area contributed by atoms with Crippen molar-refractivity contribution in [3.05, 3.63) is 48.8 Å². The maximum Gasteiger partial charge on any atom is 0.300 e. The molecule has 1 aromatic carbocycles. The van der Waals surface area contributed by atoms with Gasteiger partial charge in [0.2, 0.25) is 0 Å². The number of rotatable bonds is 0. The van der Waals surface area contributed by atoms with Crippen LogP contribution in [0.2, 0.25) is 0 Å². The molecule has 0 fully saturated rings. The Morgan fingerprint density at radius 1 is 0.783 bits per heavy atom. The molecule has 0 aliphatic heterocycles. The number of carboxylic acids is 2. The maximum atomic E-state index is 9.00. The van der Waals surface area contributed by atoms with Crippen LogP contribution in [0.5, 0.6) is 0 Å². The van der Waals surface area contributed by atoms with Crippen molar-refractivity contribution in [2.24, 2.45) is 0 Å². The van der Waals surface area contributed by atoms with Gasteiger partial charge in [0.05, 0.1) is 11.0 Å². The predicted molar refractivity (Wildman–Crippen MR) is 83.7 cm³/mol. The SMILES string of the molecule is CC(=O)O.CC(=O)O.[Hg].c1cnc2c(c1)ccc1cccnc12. The van der Waals surface area contributed by atoms with E-state index in [9.17, 15) is 0 Å². The number of benzene rings is 1. The largest absolute Gasteiger partial charge is 0.481 e. The predicted octanol–water partition coefficient (Wildman–Crippen LogP) is 2.96. The van der Waals surface area contributed by atoms with Gasteiger partial charge >= 0.3 is 0 Å². The molecule has 2 N–H and O–H groups in total. The number of carboxylic acid groups (broad SMARTS) is 2. The van der Waals surface area contributed by atoms with Gasteiger partial charge in [0.15, 0.2) is 0 Å². The molecule has 0 aliphatic carbocycles. The third-order valence-electron chi connectivity index (χ3n) is 2.34. The summed E-state index contributed by atoms with van der Waals surface area (Å²) in [6.45, 7) is 2.17. The Kier molecular flexibility index (Phi) is 9.65. The van der Waals surface area contributed by atoms with E-state index in [-0.39, 0.29) is 27.7 Å². The van der Waals surface area contributed by atoms with Crippen LogP contribution in [-0.4, -0.2) is 32.1 Å². The monoisotopic (exact) mass is 502 g/mol. The molecule has 2 aromatic heterocycles. The first kappa shape index (κ1) is 20.9. The Balaban J connectivity index is 0.000000461. The Bertz CT molecular complexity index is 718. The smallest absolute Gasteiger partial charge is 0.300 e. The molecule has 0 atom stereocenters. The van der Waals surface area contributed by atoms with Gasteiger partial charge in [-0.25, -0.2) is 0 Å². The van der Waals surface area contributed by atoms with Crippen LogP contribution in [0.15, 0.2) is 48.8 Å². The number of hydrogen-bond acceptors (Lipinski definition) is 4. The minimum atomic E-state index is -0.833. The van der Waals surface area contributed by atoms with E-state index in [4.69, 9.17) is 19.8 Å². The van der Waals surface area contributed by atoms with Gasteiger partial charge in [-0.1, -0.05) is 24.3 Å². The summed E-state index contributed by atoms with van der Waals surface area (Å²) < 4.78 is 0. The second-order valence-corrected chi connectivity index (χ2v) is 4.25. The molecule has 116 valence electrons. The molecule has 3 aromatic rings. The summed E-state index contributed by atoms with van der Waals surface area (Å²) >= 11 is 0. The molecule has 0 spiro atoms.